The largest absolute Gasteiger partial charge is 0.570 e. The minimum Gasteiger partial charge on any atom is -0.570 e. The molecule has 1 amide bonds. The number of benzene rings is 2. The van der Waals surface area contributed by atoms with Crippen LogP contribution in [0.2, 0.25) is 0 Å². The molecule has 0 unspecified atom stereocenters. The number of sulfonamides is 1. The lowest BCUT2D eigenvalue weighted by molar-refractivity contribution is -0.884. The molecule has 0 aliphatic carbocycles. The summed E-state index contributed by atoms with van der Waals surface area (Å²) in [6, 6.07) is 11.1. The maximum absolute atomic E-state index is 13.7. The third kappa shape index (κ3) is 4.84. The highest BCUT2D eigenvalue weighted by atomic mass is 32.2. The second-order valence-electron chi connectivity index (χ2n) is 6.75. The van der Waals surface area contributed by atoms with Crippen LogP contribution in [0.5, 0.6) is 0 Å². The lowest BCUT2D eigenvalue weighted by Crippen LogP contribution is -3.10. The lowest BCUT2D eigenvalue weighted by atomic mass is 10.0. The average molecular weight is 391 g/mol. The zero-order valence-electron chi connectivity index (χ0n) is 15.0. The first-order valence-electron chi connectivity index (χ1n) is 8.80. The number of hydrogen-bond acceptors (Lipinski definition) is 3. The van der Waals surface area contributed by atoms with Crippen LogP contribution in [0.1, 0.15) is 23.2 Å². The van der Waals surface area contributed by atoms with Gasteiger partial charge in [-0.05, 0) is 24.3 Å². The Kier molecular flexibility index (Phi) is 5.76. The molecule has 0 saturated carbocycles. The van der Waals surface area contributed by atoms with Crippen LogP contribution < -0.4 is 10.2 Å². The van der Waals surface area contributed by atoms with Crippen molar-refractivity contribution >= 4 is 21.6 Å². The minimum atomic E-state index is -4.13. The summed E-state index contributed by atoms with van der Waals surface area (Å²) in [5, 5.41) is 2.96. The highest BCUT2D eigenvalue weighted by Gasteiger charge is 2.21. The van der Waals surface area contributed by atoms with Crippen LogP contribution in [0.15, 0.2) is 53.4 Å². The van der Waals surface area contributed by atoms with Crippen molar-refractivity contribution in [3.63, 3.8) is 0 Å². The molecule has 6 nitrogen and oxygen atoms in total. The molecule has 0 spiro atoms. The highest BCUT2D eigenvalue weighted by molar-refractivity contribution is 7.94. The molecule has 1 saturated heterocycles. The summed E-state index contributed by atoms with van der Waals surface area (Å²) in [5.74, 6) is -1.04. The first-order chi connectivity index (χ1) is 12.8. The van der Waals surface area contributed by atoms with E-state index >= 15 is 0 Å². The number of piperidine rings is 1. The molecule has 2 aromatic rings. The Labute approximate surface area is 158 Å². The summed E-state index contributed by atoms with van der Waals surface area (Å²) in [4.78, 5) is 13.8. The third-order valence-corrected chi connectivity index (χ3v) is 5.93. The Balaban J connectivity index is 1.74. The van der Waals surface area contributed by atoms with Crippen molar-refractivity contribution < 1.29 is 22.5 Å². The predicted molar refractivity (Wildman–Crippen MR) is 100 cm³/mol. The standard InChI is InChI=1S/C19H21FN3O3S/c1-23-11-9-15(10-12-23)21-19(24)14-5-4-6-16(13-14)27(25,26)22-18-8-3-2-7-17(18)20/h2-8,13,15H,9-12H2,1H3,(H,21,24)/q-1/p+1. The second-order valence-corrected chi connectivity index (χ2v) is 8.35. The van der Waals surface area contributed by atoms with Crippen LogP contribution in [0.25, 0.3) is 4.72 Å². The molecule has 1 aliphatic rings. The van der Waals surface area contributed by atoms with E-state index in [0.29, 0.717) is 0 Å². The van der Waals surface area contributed by atoms with Gasteiger partial charge in [0.1, 0.15) is 15.8 Å². The van der Waals surface area contributed by atoms with Crippen LogP contribution in [0.4, 0.5) is 10.1 Å². The predicted octanol–water partition coefficient (Wildman–Crippen LogP) is 1.63. The van der Waals surface area contributed by atoms with E-state index in [1.54, 1.807) is 6.07 Å². The molecule has 1 aliphatic heterocycles. The smallest absolute Gasteiger partial charge is 0.251 e. The lowest BCUT2D eigenvalue weighted by Gasteiger charge is -2.27. The van der Waals surface area contributed by atoms with Gasteiger partial charge in [0.15, 0.2) is 0 Å². The average Bonchev–Trinajstić information content (AvgIpc) is 2.65. The zero-order valence-corrected chi connectivity index (χ0v) is 15.8. The second kappa shape index (κ2) is 8.06. The van der Waals surface area contributed by atoms with Gasteiger partial charge in [-0.2, -0.15) is 0 Å². The van der Waals surface area contributed by atoms with Gasteiger partial charge in [-0.3, -0.25) is 4.79 Å². The monoisotopic (exact) mass is 391 g/mol. The fourth-order valence-electron chi connectivity index (χ4n) is 3.03. The fourth-order valence-corrected chi connectivity index (χ4v) is 4.07. The fraction of sp³-hybridized carbons (Fsp3) is 0.316. The topological polar surface area (TPSA) is 81.8 Å². The van der Waals surface area contributed by atoms with Crippen molar-refractivity contribution in [1.29, 1.82) is 0 Å². The summed E-state index contributed by atoms with van der Waals surface area (Å²) >= 11 is 0. The van der Waals surface area contributed by atoms with Crippen molar-refractivity contribution in [1.82, 2.24) is 5.32 Å². The van der Waals surface area contributed by atoms with Gasteiger partial charge in [0, 0.05) is 24.4 Å². The van der Waals surface area contributed by atoms with Crippen LogP contribution in [0.3, 0.4) is 0 Å². The number of nitrogens with zero attached hydrogens (tertiary/aromatic N) is 1. The van der Waals surface area contributed by atoms with Gasteiger partial charge in [0.05, 0.1) is 25.0 Å². The summed E-state index contributed by atoms with van der Waals surface area (Å²) in [5.41, 5.74) is -0.0211. The molecule has 1 fully saturated rings. The van der Waals surface area contributed by atoms with Gasteiger partial charge >= 0.3 is 0 Å². The van der Waals surface area contributed by atoms with E-state index < -0.39 is 15.8 Å². The van der Waals surface area contributed by atoms with Gasteiger partial charge in [-0.15, -0.1) is 0 Å². The van der Waals surface area contributed by atoms with Crippen molar-refractivity contribution in [2.45, 2.75) is 23.8 Å². The van der Waals surface area contributed by atoms with E-state index in [2.05, 4.69) is 17.1 Å². The van der Waals surface area contributed by atoms with Gasteiger partial charge < -0.3 is 14.9 Å². The van der Waals surface area contributed by atoms with E-state index in [9.17, 15) is 17.6 Å². The normalized spacial score (nSPS) is 20.1. The maximum Gasteiger partial charge on any atom is 0.251 e. The number of rotatable bonds is 5. The van der Waals surface area contributed by atoms with Crippen LogP contribution >= 0.6 is 0 Å². The molecule has 1 heterocycles. The SMILES string of the molecule is C[NH+]1CCC(NC(=O)c2cccc(S(=O)(=O)[N-]c3ccccc3F)c2)CC1. The molecule has 2 aromatic carbocycles. The van der Waals surface area contributed by atoms with E-state index in [1.807, 2.05) is 0 Å². The Bertz CT molecular complexity index is 925. The maximum atomic E-state index is 13.7. The summed E-state index contributed by atoms with van der Waals surface area (Å²) in [7, 11) is -2.01. The molecule has 3 rings (SSSR count). The number of quaternary nitrogens is 1. The molecule has 27 heavy (non-hydrogen) atoms. The number of nitrogens with one attached hydrogen (secondary N) is 2. The van der Waals surface area contributed by atoms with Gasteiger partial charge in [-0.1, -0.05) is 30.0 Å². The molecule has 144 valence electrons. The molecule has 2 N–H and O–H groups in total. The summed E-state index contributed by atoms with van der Waals surface area (Å²) in [6.07, 6.45) is 1.77. The highest BCUT2D eigenvalue weighted by Crippen LogP contribution is 2.30. The zero-order chi connectivity index (χ0) is 19.4. The number of hydrogen-bond donors (Lipinski definition) is 2. The summed E-state index contributed by atoms with van der Waals surface area (Å²) in [6.45, 7) is 1.97. The number of carbonyl (C=O) groups is 1. The molecule has 0 aromatic heterocycles. The van der Waals surface area contributed by atoms with Gasteiger partial charge in [0.2, 0.25) is 0 Å². The van der Waals surface area contributed by atoms with Crippen molar-refractivity contribution in [3.05, 3.63) is 64.6 Å². The van der Waals surface area contributed by atoms with Crippen LogP contribution in [-0.4, -0.2) is 40.5 Å². The molecule has 0 atom stereocenters. The summed E-state index contributed by atoms with van der Waals surface area (Å²) < 4.78 is 42.2. The molecule has 8 heteroatoms. The molecular formula is C19H22FN3O3S. The first-order valence-corrected chi connectivity index (χ1v) is 10.2. The van der Waals surface area contributed by atoms with E-state index in [1.165, 1.54) is 41.3 Å². The Morgan fingerprint density at radius 2 is 1.85 bits per heavy atom. The minimum absolute atomic E-state index is 0.0876. The van der Waals surface area contributed by atoms with E-state index in [-0.39, 0.29) is 28.1 Å². The molecular weight excluding hydrogens is 369 g/mol. The number of halogens is 1. The Morgan fingerprint density at radius 3 is 2.56 bits per heavy atom. The van der Waals surface area contributed by atoms with Crippen LogP contribution in [0, 0.1) is 5.82 Å². The first kappa shape index (κ1) is 19.3. The van der Waals surface area contributed by atoms with Crippen molar-refractivity contribution in [2.75, 3.05) is 20.1 Å². The molecule has 0 bridgehead atoms. The quantitative estimate of drug-likeness (QED) is 0.813. The van der Waals surface area contributed by atoms with E-state index in [0.717, 1.165) is 32.0 Å². The number of likely N-dealkylation sites (tertiary alicyclic amines) is 1. The van der Waals surface area contributed by atoms with Crippen LogP contribution in [-0.2, 0) is 10.0 Å². The Morgan fingerprint density at radius 1 is 1.15 bits per heavy atom. The van der Waals surface area contributed by atoms with E-state index in [4.69, 9.17) is 0 Å². The number of carbonyl (C=O) groups excluding carboxylic acids is 1. The van der Waals surface area contributed by atoms with Gasteiger partial charge in [0.25, 0.3) is 5.91 Å². The van der Waals surface area contributed by atoms with Crippen molar-refractivity contribution in [3.8, 4) is 0 Å². The third-order valence-electron chi connectivity index (χ3n) is 4.64. The number of amides is 1. The van der Waals surface area contributed by atoms with Crippen molar-refractivity contribution in [2.24, 2.45) is 0 Å². The van der Waals surface area contributed by atoms with Gasteiger partial charge in [-0.25, -0.2) is 12.8 Å². The Hall–Kier alpha value is -2.45. The molecule has 0 radical (unpaired) electrons.